The molecule has 0 aliphatic carbocycles. The van der Waals surface area contributed by atoms with Gasteiger partial charge < -0.3 is 5.11 Å². The average Bonchev–Trinajstić information content (AvgIpc) is 1.86. The van der Waals surface area contributed by atoms with Gasteiger partial charge in [-0.15, -0.1) is 5.75 Å². The van der Waals surface area contributed by atoms with Gasteiger partial charge >= 0.3 is 18.9 Å². The van der Waals surface area contributed by atoms with Crippen molar-refractivity contribution in [2.24, 2.45) is 0 Å². The van der Waals surface area contributed by atoms with Crippen LogP contribution in [-0.2, 0) is 5.41 Å². The van der Waals surface area contributed by atoms with Crippen molar-refractivity contribution in [3.63, 3.8) is 0 Å². The zero-order valence-corrected chi connectivity index (χ0v) is 8.22. The van der Waals surface area contributed by atoms with Crippen LogP contribution in [-0.4, -0.2) is 0 Å². The number of hydrogen-bond acceptors (Lipinski definition) is 1. The first-order valence-corrected chi connectivity index (χ1v) is 3.78. The third-order valence-electron chi connectivity index (χ3n) is 1.72. The van der Waals surface area contributed by atoms with Crippen LogP contribution in [0, 0.1) is 0 Å². The zero-order valence-electron chi connectivity index (χ0n) is 8.22. The first kappa shape index (κ1) is 11.6. The van der Waals surface area contributed by atoms with E-state index in [9.17, 15) is 5.11 Å². The maximum absolute atomic E-state index is 10.7. The maximum atomic E-state index is 10.7. The van der Waals surface area contributed by atoms with Crippen LogP contribution in [0.15, 0.2) is 24.3 Å². The van der Waals surface area contributed by atoms with Crippen molar-refractivity contribution in [2.45, 2.75) is 26.2 Å². The van der Waals surface area contributed by atoms with Crippen molar-refractivity contribution in [1.82, 2.24) is 0 Å². The Morgan fingerprint density at radius 3 is 1.75 bits per heavy atom. The fourth-order valence-corrected chi connectivity index (χ4v) is 0.955. The van der Waals surface area contributed by atoms with E-state index in [-0.39, 0.29) is 30.0 Å². The molecule has 0 N–H and O–H groups in total. The second-order valence-electron chi connectivity index (χ2n) is 3.77. The van der Waals surface area contributed by atoms with Crippen LogP contribution >= 0.6 is 0 Å². The summed E-state index contributed by atoms with van der Waals surface area (Å²) in [4.78, 5) is 0. The van der Waals surface area contributed by atoms with E-state index >= 15 is 0 Å². The van der Waals surface area contributed by atoms with Crippen LogP contribution in [0.2, 0.25) is 0 Å². The van der Waals surface area contributed by atoms with Gasteiger partial charge in [0.25, 0.3) is 0 Å². The summed E-state index contributed by atoms with van der Waals surface area (Å²) in [6.45, 7) is 6.40. The molecule has 0 aromatic heterocycles. The van der Waals surface area contributed by atoms with Crippen molar-refractivity contribution in [3.05, 3.63) is 29.8 Å². The molecule has 0 saturated heterocycles. The Bertz CT molecular complexity index is 233. The summed E-state index contributed by atoms with van der Waals surface area (Å²) < 4.78 is 0. The molecular formula is C10H13LiO. The first-order chi connectivity index (χ1) is 5.00. The average molecular weight is 156 g/mol. The molecule has 0 saturated carbocycles. The normalized spacial score (nSPS) is 10.6. The van der Waals surface area contributed by atoms with E-state index in [0.717, 1.165) is 0 Å². The molecule has 0 heterocycles. The second-order valence-corrected chi connectivity index (χ2v) is 3.77. The van der Waals surface area contributed by atoms with Gasteiger partial charge in [0.15, 0.2) is 0 Å². The van der Waals surface area contributed by atoms with Crippen LogP contribution in [0.3, 0.4) is 0 Å². The Balaban J connectivity index is 0.00000121. The minimum Gasteiger partial charge on any atom is -0.872 e. The molecule has 0 unspecified atom stereocenters. The molecule has 1 nitrogen and oxygen atoms in total. The standard InChI is InChI=1S/C10H14O.Li/c1-10(2,3)8-4-6-9(11)7-5-8;/h4-7,11H,1-3H3;/q;+1/p-1. The molecule has 0 amide bonds. The van der Waals surface area contributed by atoms with Gasteiger partial charge in [-0.05, 0) is 11.0 Å². The molecule has 2 heteroatoms. The topological polar surface area (TPSA) is 23.1 Å². The number of hydrogen-bond donors (Lipinski definition) is 0. The Morgan fingerprint density at radius 1 is 1.00 bits per heavy atom. The Kier molecular flexibility index (Phi) is 3.90. The summed E-state index contributed by atoms with van der Waals surface area (Å²) in [5.41, 5.74) is 1.35. The van der Waals surface area contributed by atoms with Crippen molar-refractivity contribution in [2.75, 3.05) is 0 Å². The Labute approximate surface area is 86.0 Å². The summed E-state index contributed by atoms with van der Waals surface area (Å²) in [7, 11) is 0. The molecule has 1 aromatic rings. The van der Waals surface area contributed by atoms with Crippen molar-refractivity contribution >= 4 is 0 Å². The minimum atomic E-state index is 0. The third-order valence-corrected chi connectivity index (χ3v) is 1.72. The Hall–Kier alpha value is -0.383. The summed E-state index contributed by atoms with van der Waals surface area (Å²) in [6.07, 6.45) is 0. The van der Waals surface area contributed by atoms with E-state index in [4.69, 9.17) is 0 Å². The van der Waals surface area contributed by atoms with E-state index in [2.05, 4.69) is 20.8 Å². The van der Waals surface area contributed by atoms with E-state index < -0.39 is 0 Å². The molecule has 1 aromatic carbocycles. The van der Waals surface area contributed by atoms with E-state index in [1.54, 1.807) is 12.1 Å². The van der Waals surface area contributed by atoms with Crippen molar-refractivity contribution in [3.8, 4) is 5.75 Å². The minimum absolute atomic E-state index is 0. The van der Waals surface area contributed by atoms with E-state index in [0.29, 0.717) is 0 Å². The maximum Gasteiger partial charge on any atom is 1.00 e. The van der Waals surface area contributed by atoms with Gasteiger partial charge in [0.1, 0.15) is 0 Å². The fraction of sp³-hybridized carbons (Fsp3) is 0.400. The molecule has 0 aliphatic rings. The summed E-state index contributed by atoms with van der Waals surface area (Å²) >= 11 is 0. The first-order valence-electron chi connectivity index (χ1n) is 3.78. The summed E-state index contributed by atoms with van der Waals surface area (Å²) in [5.74, 6) is 0.0815. The smallest absolute Gasteiger partial charge is 0.872 e. The van der Waals surface area contributed by atoms with E-state index in [1.807, 2.05) is 12.1 Å². The molecule has 0 atom stereocenters. The molecule has 0 spiro atoms. The predicted octanol–water partition coefficient (Wildman–Crippen LogP) is -0.938. The van der Waals surface area contributed by atoms with Gasteiger partial charge in [-0.1, -0.05) is 45.0 Å². The molecule has 12 heavy (non-hydrogen) atoms. The summed E-state index contributed by atoms with van der Waals surface area (Å²) in [5, 5.41) is 10.7. The molecular weight excluding hydrogens is 143 g/mol. The SMILES string of the molecule is CC(C)(C)c1ccc([O-])cc1.[Li+]. The predicted molar refractivity (Wildman–Crippen MR) is 44.6 cm³/mol. The van der Waals surface area contributed by atoms with Crippen LogP contribution in [0.5, 0.6) is 5.75 Å². The fourth-order valence-electron chi connectivity index (χ4n) is 0.955. The number of benzene rings is 1. The van der Waals surface area contributed by atoms with Crippen LogP contribution in [0.1, 0.15) is 26.3 Å². The molecule has 60 valence electrons. The largest absolute Gasteiger partial charge is 1.00 e. The Morgan fingerprint density at radius 2 is 1.42 bits per heavy atom. The van der Waals surface area contributed by atoms with Gasteiger partial charge in [-0.3, -0.25) is 0 Å². The second kappa shape index (κ2) is 4.03. The van der Waals surface area contributed by atoms with Crippen LogP contribution in [0.4, 0.5) is 0 Å². The van der Waals surface area contributed by atoms with Crippen LogP contribution < -0.4 is 24.0 Å². The van der Waals surface area contributed by atoms with Crippen molar-refractivity contribution < 1.29 is 24.0 Å². The molecule has 1 rings (SSSR count). The molecule has 0 radical (unpaired) electrons. The summed E-state index contributed by atoms with van der Waals surface area (Å²) in [6, 6.07) is 7.01. The van der Waals surface area contributed by atoms with Gasteiger partial charge in [-0.2, -0.15) is 0 Å². The van der Waals surface area contributed by atoms with Crippen LogP contribution in [0.25, 0.3) is 0 Å². The van der Waals surface area contributed by atoms with Gasteiger partial charge in [0.05, 0.1) is 0 Å². The van der Waals surface area contributed by atoms with E-state index in [1.165, 1.54) is 5.56 Å². The third kappa shape index (κ3) is 2.93. The van der Waals surface area contributed by atoms with Gasteiger partial charge in [0.2, 0.25) is 0 Å². The molecule has 0 fully saturated rings. The molecule has 0 bridgehead atoms. The van der Waals surface area contributed by atoms with Crippen molar-refractivity contribution in [1.29, 1.82) is 0 Å². The van der Waals surface area contributed by atoms with Gasteiger partial charge in [-0.25, -0.2) is 0 Å². The van der Waals surface area contributed by atoms with Gasteiger partial charge in [0, 0.05) is 0 Å². The number of rotatable bonds is 0. The zero-order chi connectivity index (χ0) is 8.48. The quantitative estimate of drug-likeness (QED) is 0.445. The monoisotopic (exact) mass is 156 g/mol. The molecule has 0 aliphatic heterocycles.